The normalized spacial score (nSPS) is 21.9. The Morgan fingerprint density at radius 3 is 2.20 bits per heavy atom. The number of ether oxygens (including phenoxy) is 3. The molecule has 2 rings (SSSR count). The molecule has 0 aliphatic carbocycles. The van der Waals surface area contributed by atoms with Gasteiger partial charge in [0.15, 0.2) is 21.3 Å². The highest BCUT2D eigenvalue weighted by atomic mass is 32.2. The summed E-state index contributed by atoms with van der Waals surface area (Å²) in [5, 5.41) is 2.77. The van der Waals surface area contributed by atoms with E-state index in [4.69, 9.17) is 14.2 Å². The zero-order chi connectivity index (χ0) is 18.7. The average Bonchev–Trinajstić information content (AvgIpc) is 2.84. The lowest BCUT2D eigenvalue weighted by atomic mass is 10.0. The zero-order valence-corrected chi connectivity index (χ0v) is 15.6. The topological polar surface area (TPSA) is 90.9 Å². The maximum absolute atomic E-state index is 12.1. The van der Waals surface area contributed by atoms with Gasteiger partial charge in [0.25, 0.3) is 0 Å². The first-order valence-corrected chi connectivity index (χ1v) is 9.55. The molecule has 1 aromatic carbocycles. The predicted molar refractivity (Wildman–Crippen MR) is 95.0 cm³/mol. The Labute approximate surface area is 147 Å². The van der Waals surface area contributed by atoms with Crippen molar-refractivity contribution in [2.45, 2.75) is 18.9 Å². The molecule has 0 bridgehead atoms. The summed E-state index contributed by atoms with van der Waals surface area (Å²) in [5.41, 5.74) is -0.0379. The Hall–Kier alpha value is -2.22. The fraction of sp³-hybridized carbons (Fsp3) is 0.471. The third kappa shape index (κ3) is 4.66. The van der Waals surface area contributed by atoms with Gasteiger partial charge in [0.05, 0.1) is 38.4 Å². The van der Waals surface area contributed by atoms with Gasteiger partial charge in [-0.05, 0) is 37.1 Å². The van der Waals surface area contributed by atoms with Gasteiger partial charge in [0.1, 0.15) is 0 Å². The van der Waals surface area contributed by atoms with Gasteiger partial charge in [0, 0.05) is 6.08 Å². The van der Waals surface area contributed by atoms with E-state index in [0.717, 1.165) is 0 Å². The van der Waals surface area contributed by atoms with Crippen molar-refractivity contribution >= 4 is 21.8 Å². The van der Waals surface area contributed by atoms with Crippen molar-refractivity contribution in [2.75, 3.05) is 32.8 Å². The molecule has 1 heterocycles. The van der Waals surface area contributed by atoms with E-state index in [1.807, 2.05) is 0 Å². The summed E-state index contributed by atoms with van der Waals surface area (Å²) >= 11 is 0. The molecule has 1 saturated heterocycles. The molecule has 1 unspecified atom stereocenters. The molecule has 7 nitrogen and oxygen atoms in total. The van der Waals surface area contributed by atoms with Crippen molar-refractivity contribution in [3.05, 3.63) is 23.8 Å². The molecular weight excluding hydrogens is 346 g/mol. The second-order valence-electron chi connectivity index (χ2n) is 6.18. The highest BCUT2D eigenvalue weighted by Crippen LogP contribution is 2.38. The third-order valence-corrected chi connectivity index (χ3v) is 5.95. The fourth-order valence-electron chi connectivity index (χ4n) is 2.82. The van der Waals surface area contributed by atoms with Crippen LogP contribution in [0.3, 0.4) is 0 Å². The lowest BCUT2D eigenvalue weighted by molar-refractivity contribution is -0.117. The van der Waals surface area contributed by atoms with Gasteiger partial charge in [0.2, 0.25) is 11.7 Å². The standard InChI is InChI=1S/C17H23NO6S/c1-17(7-8-25(20,21)11-17)18-15(19)6-5-12-9-13(22-2)16(24-4)14(10-12)23-3/h5-6,9-10H,7-8,11H2,1-4H3,(H,18,19)/b6-5+. The van der Waals surface area contributed by atoms with Crippen molar-refractivity contribution in [1.29, 1.82) is 0 Å². The van der Waals surface area contributed by atoms with Crippen LogP contribution in [-0.4, -0.2) is 52.7 Å². The molecule has 1 aromatic rings. The second kappa shape index (κ2) is 7.35. The Morgan fingerprint density at radius 1 is 1.16 bits per heavy atom. The van der Waals surface area contributed by atoms with Crippen molar-refractivity contribution in [2.24, 2.45) is 0 Å². The van der Waals surface area contributed by atoms with E-state index < -0.39 is 15.4 Å². The molecule has 0 radical (unpaired) electrons. The largest absolute Gasteiger partial charge is 0.493 e. The molecule has 1 N–H and O–H groups in total. The quantitative estimate of drug-likeness (QED) is 0.763. The lowest BCUT2D eigenvalue weighted by Crippen LogP contribution is -2.46. The Morgan fingerprint density at radius 2 is 1.76 bits per heavy atom. The Balaban J connectivity index is 2.15. The van der Waals surface area contributed by atoms with Crippen LogP contribution >= 0.6 is 0 Å². The van der Waals surface area contributed by atoms with Crippen molar-refractivity contribution in [3.8, 4) is 17.2 Å². The van der Waals surface area contributed by atoms with Crippen molar-refractivity contribution in [1.82, 2.24) is 5.32 Å². The Kier molecular flexibility index (Phi) is 5.62. The number of carbonyl (C=O) groups is 1. The SMILES string of the molecule is COc1cc(/C=C/C(=O)NC2(C)CCS(=O)(=O)C2)cc(OC)c1OC. The van der Waals surface area contributed by atoms with Gasteiger partial charge in [-0.3, -0.25) is 4.79 Å². The van der Waals surface area contributed by atoms with Gasteiger partial charge < -0.3 is 19.5 Å². The van der Waals surface area contributed by atoms with Crippen molar-refractivity contribution < 1.29 is 27.4 Å². The minimum Gasteiger partial charge on any atom is -0.493 e. The number of benzene rings is 1. The van der Waals surface area contributed by atoms with Crippen LogP contribution < -0.4 is 19.5 Å². The van der Waals surface area contributed by atoms with Gasteiger partial charge in [-0.25, -0.2) is 8.42 Å². The molecule has 1 aliphatic rings. The summed E-state index contributed by atoms with van der Waals surface area (Å²) in [5.74, 6) is 1.14. The average molecular weight is 369 g/mol. The number of nitrogens with one attached hydrogen (secondary N) is 1. The molecule has 1 fully saturated rings. The van der Waals surface area contributed by atoms with Crippen LogP contribution in [0.15, 0.2) is 18.2 Å². The van der Waals surface area contributed by atoms with E-state index in [9.17, 15) is 13.2 Å². The number of rotatable bonds is 6. The van der Waals surface area contributed by atoms with E-state index in [1.165, 1.54) is 27.4 Å². The summed E-state index contributed by atoms with van der Waals surface area (Å²) < 4.78 is 39.0. The molecule has 1 aliphatic heterocycles. The van der Waals surface area contributed by atoms with E-state index in [0.29, 0.717) is 29.2 Å². The second-order valence-corrected chi connectivity index (χ2v) is 8.37. The van der Waals surface area contributed by atoms with Crippen molar-refractivity contribution in [3.63, 3.8) is 0 Å². The maximum Gasteiger partial charge on any atom is 0.244 e. The number of hydrogen-bond acceptors (Lipinski definition) is 6. The van der Waals surface area contributed by atoms with E-state index in [-0.39, 0.29) is 17.4 Å². The molecule has 0 aromatic heterocycles. The molecule has 8 heteroatoms. The zero-order valence-electron chi connectivity index (χ0n) is 14.8. The van der Waals surface area contributed by atoms with Crippen LogP contribution in [0, 0.1) is 0 Å². The summed E-state index contributed by atoms with van der Waals surface area (Å²) in [7, 11) is 1.46. The first-order valence-electron chi connectivity index (χ1n) is 7.72. The van der Waals surface area contributed by atoms with E-state index in [1.54, 1.807) is 25.1 Å². The van der Waals surface area contributed by atoms with Gasteiger partial charge in [-0.2, -0.15) is 0 Å². The number of methoxy groups -OCH3 is 3. The summed E-state index contributed by atoms with van der Waals surface area (Å²) in [4.78, 5) is 12.1. The number of carbonyl (C=O) groups excluding carboxylic acids is 1. The predicted octanol–water partition coefficient (Wildman–Crippen LogP) is 1.42. The molecule has 25 heavy (non-hydrogen) atoms. The molecule has 0 saturated carbocycles. The number of amides is 1. The fourth-order valence-corrected chi connectivity index (χ4v) is 4.91. The van der Waals surface area contributed by atoms with Crippen LogP contribution in [0.4, 0.5) is 0 Å². The van der Waals surface area contributed by atoms with Crippen LogP contribution in [0.2, 0.25) is 0 Å². The molecule has 1 atom stereocenters. The summed E-state index contributed by atoms with van der Waals surface area (Å²) in [6.07, 6.45) is 3.38. The monoisotopic (exact) mass is 369 g/mol. The van der Waals surface area contributed by atoms with Gasteiger partial charge >= 0.3 is 0 Å². The minimum absolute atomic E-state index is 0.0379. The highest BCUT2D eigenvalue weighted by Gasteiger charge is 2.39. The molecule has 0 spiro atoms. The number of sulfone groups is 1. The molecule has 138 valence electrons. The first kappa shape index (κ1) is 19.1. The molecule has 1 amide bonds. The summed E-state index contributed by atoms with van der Waals surface area (Å²) in [6.45, 7) is 1.74. The smallest absolute Gasteiger partial charge is 0.244 e. The van der Waals surface area contributed by atoms with Crippen LogP contribution in [0.25, 0.3) is 6.08 Å². The first-order chi connectivity index (χ1) is 11.7. The maximum atomic E-state index is 12.1. The Bertz CT molecular complexity index is 761. The minimum atomic E-state index is -3.08. The van der Waals surface area contributed by atoms with Crippen LogP contribution in [-0.2, 0) is 14.6 Å². The van der Waals surface area contributed by atoms with Gasteiger partial charge in [-0.15, -0.1) is 0 Å². The van der Waals surface area contributed by atoms with E-state index in [2.05, 4.69) is 5.32 Å². The lowest BCUT2D eigenvalue weighted by Gasteiger charge is -2.22. The highest BCUT2D eigenvalue weighted by molar-refractivity contribution is 7.91. The van der Waals surface area contributed by atoms with Gasteiger partial charge in [-0.1, -0.05) is 0 Å². The summed E-state index contributed by atoms with van der Waals surface area (Å²) in [6, 6.07) is 3.43. The van der Waals surface area contributed by atoms with Crippen LogP contribution in [0.1, 0.15) is 18.9 Å². The van der Waals surface area contributed by atoms with Crippen LogP contribution in [0.5, 0.6) is 17.2 Å². The third-order valence-electron chi connectivity index (χ3n) is 4.04. The van der Waals surface area contributed by atoms with E-state index >= 15 is 0 Å². The molecular formula is C17H23NO6S. The number of hydrogen-bond donors (Lipinski definition) is 1.